The summed E-state index contributed by atoms with van der Waals surface area (Å²) >= 11 is 6.44. The number of sulfonamides is 1. The Morgan fingerprint density at radius 3 is 2.42 bits per heavy atom. The first-order valence-corrected chi connectivity index (χ1v) is 15.2. The Kier molecular flexibility index (Phi) is 8.45. The molecule has 0 saturated carbocycles. The van der Waals surface area contributed by atoms with E-state index in [0.717, 1.165) is 23.0 Å². The van der Waals surface area contributed by atoms with E-state index in [1.54, 1.807) is 0 Å². The lowest BCUT2D eigenvalue weighted by atomic mass is 10.0. The molecule has 238 valence electrons. The maximum atomic E-state index is 14.1. The van der Waals surface area contributed by atoms with Crippen LogP contribution in [0, 0.1) is 11.6 Å². The Hall–Kier alpha value is -4.35. The summed E-state index contributed by atoms with van der Waals surface area (Å²) in [5, 5.41) is 4.38. The van der Waals surface area contributed by atoms with E-state index in [9.17, 15) is 35.2 Å². The molecule has 0 saturated heterocycles. The third-order valence-corrected chi connectivity index (χ3v) is 7.40. The first-order chi connectivity index (χ1) is 21.0. The highest BCUT2D eigenvalue weighted by atomic mass is 35.5. The van der Waals surface area contributed by atoms with Crippen LogP contribution in [0.1, 0.15) is 23.9 Å². The molecule has 0 aliphatic carbocycles. The van der Waals surface area contributed by atoms with Gasteiger partial charge in [0.2, 0.25) is 15.9 Å². The van der Waals surface area contributed by atoms with Gasteiger partial charge in [-0.15, -0.1) is 0 Å². The number of rotatable bonds is 9. The molecule has 45 heavy (non-hydrogen) atoms. The van der Waals surface area contributed by atoms with Crippen molar-refractivity contribution in [3.63, 3.8) is 0 Å². The van der Waals surface area contributed by atoms with Gasteiger partial charge in [-0.25, -0.2) is 22.2 Å². The van der Waals surface area contributed by atoms with Gasteiger partial charge in [-0.3, -0.25) is 18.8 Å². The van der Waals surface area contributed by atoms with E-state index in [1.165, 1.54) is 36.0 Å². The number of hydrogen-bond donors (Lipinski definition) is 2. The lowest BCUT2D eigenvalue weighted by molar-refractivity contribution is -0.139. The molecule has 0 unspecified atom stereocenters. The minimum atomic E-state index is -4.47. The van der Waals surface area contributed by atoms with Gasteiger partial charge in [-0.2, -0.15) is 23.3 Å². The highest BCUT2D eigenvalue weighted by Crippen LogP contribution is 2.35. The van der Waals surface area contributed by atoms with Gasteiger partial charge in [0.1, 0.15) is 17.5 Å². The van der Waals surface area contributed by atoms with Crippen molar-refractivity contribution in [3.05, 3.63) is 80.9 Å². The Labute approximate surface area is 256 Å². The number of hydrogen-bond acceptors (Lipinski definition) is 8. The number of nitrogens with one attached hydrogen (secondary N) is 1. The van der Waals surface area contributed by atoms with Crippen LogP contribution >= 0.6 is 11.6 Å². The molecule has 18 heteroatoms. The first-order valence-electron chi connectivity index (χ1n) is 13.0. The average molecular weight is 672 g/mol. The molecule has 0 aliphatic rings. The summed E-state index contributed by atoms with van der Waals surface area (Å²) in [4.78, 5) is 22.7. The molecule has 0 bridgehead atoms. The molecule has 5 aromatic rings. The van der Waals surface area contributed by atoms with Gasteiger partial charge in [0.15, 0.2) is 11.5 Å². The van der Waals surface area contributed by atoms with Gasteiger partial charge in [0.05, 0.1) is 52.3 Å². The van der Waals surface area contributed by atoms with Crippen molar-refractivity contribution in [2.24, 2.45) is 12.8 Å². The lowest BCUT2D eigenvalue weighted by Gasteiger charge is -2.20. The second kappa shape index (κ2) is 11.9. The normalized spacial score (nSPS) is 13.0. The van der Waals surface area contributed by atoms with E-state index < -0.39 is 52.5 Å². The van der Waals surface area contributed by atoms with Gasteiger partial charge in [-0.05, 0) is 42.3 Å². The van der Waals surface area contributed by atoms with Crippen LogP contribution in [0.5, 0.6) is 5.88 Å². The van der Waals surface area contributed by atoms with Crippen molar-refractivity contribution >= 4 is 49.4 Å². The number of anilines is 1. The maximum absolute atomic E-state index is 14.1. The standard InChI is InChI=1S/C27H23ClF5N7O4S/c1-39-22-19(5-4-17(28)21(22)24(37-39)38-45(2,42)43)40-25(18(34)11-13-9-14(29)12-15(30)10-13)36-23-16(26(40)41)3-6-20(35-23)44-8-7-27(31,32)33/h3-6,9-10,12,18H,7-8,11,34H2,1-2H3,(H,37,38)/t18-/m0/s1. The topological polar surface area (TPSA) is 147 Å². The van der Waals surface area contributed by atoms with Crippen molar-refractivity contribution in [1.82, 2.24) is 24.3 Å². The molecular formula is C27H23ClF5N7O4S. The zero-order chi connectivity index (χ0) is 32.8. The predicted molar refractivity (Wildman–Crippen MR) is 156 cm³/mol. The fourth-order valence-corrected chi connectivity index (χ4v) is 5.50. The summed E-state index contributed by atoms with van der Waals surface area (Å²) in [6.45, 7) is -0.732. The smallest absolute Gasteiger partial charge is 0.392 e. The van der Waals surface area contributed by atoms with Gasteiger partial charge >= 0.3 is 6.18 Å². The third-order valence-electron chi connectivity index (χ3n) is 6.52. The van der Waals surface area contributed by atoms with E-state index in [1.807, 2.05) is 0 Å². The summed E-state index contributed by atoms with van der Waals surface area (Å²) in [5.41, 5.74) is 6.01. The second-order valence-corrected chi connectivity index (χ2v) is 12.2. The molecule has 0 fully saturated rings. The van der Waals surface area contributed by atoms with Crippen molar-refractivity contribution in [3.8, 4) is 11.6 Å². The SMILES string of the molecule is Cn1nc(NS(C)(=O)=O)c2c(Cl)ccc(-n3c([C@@H](N)Cc4cc(F)cc(F)c4)nc4nc(OCCC(F)(F)F)ccc4c3=O)c21. The van der Waals surface area contributed by atoms with E-state index in [2.05, 4.69) is 19.8 Å². The molecular weight excluding hydrogens is 649 g/mol. The molecule has 3 N–H and O–H groups in total. The number of halogens is 6. The second-order valence-electron chi connectivity index (χ2n) is 10.1. The van der Waals surface area contributed by atoms with E-state index >= 15 is 0 Å². The average Bonchev–Trinajstić information content (AvgIpc) is 3.22. The zero-order valence-electron chi connectivity index (χ0n) is 23.4. The van der Waals surface area contributed by atoms with Crippen LogP contribution in [-0.2, 0) is 23.5 Å². The van der Waals surface area contributed by atoms with E-state index in [-0.39, 0.29) is 62.2 Å². The van der Waals surface area contributed by atoms with Crippen LogP contribution in [0.3, 0.4) is 0 Å². The molecule has 0 aliphatic heterocycles. The minimum absolute atomic E-state index is 0.0781. The number of benzene rings is 2. The summed E-state index contributed by atoms with van der Waals surface area (Å²) in [6.07, 6.45) is -5.00. The summed E-state index contributed by atoms with van der Waals surface area (Å²) in [6, 6.07) is 6.91. The number of ether oxygens (including phenoxy) is 1. The Balaban J connectivity index is 1.73. The van der Waals surface area contributed by atoms with Crippen LogP contribution < -0.4 is 20.8 Å². The molecule has 0 amide bonds. The fraction of sp³-hybridized carbons (Fsp3) is 0.259. The Morgan fingerprint density at radius 2 is 1.78 bits per heavy atom. The third kappa shape index (κ3) is 6.99. The van der Waals surface area contributed by atoms with Crippen molar-refractivity contribution < 1.29 is 35.1 Å². The summed E-state index contributed by atoms with van der Waals surface area (Å²) in [7, 11) is -2.32. The molecule has 3 heterocycles. The number of aryl methyl sites for hydroxylation is 1. The minimum Gasteiger partial charge on any atom is -0.477 e. The molecule has 0 radical (unpaired) electrons. The van der Waals surface area contributed by atoms with Crippen molar-refractivity contribution in [2.45, 2.75) is 25.1 Å². The lowest BCUT2D eigenvalue weighted by Crippen LogP contribution is -2.30. The number of aromatic nitrogens is 5. The van der Waals surface area contributed by atoms with Gasteiger partial charge < -0.3 is 10.5 Å². The number of nitrogens with two attached hydrogens (primary N) is 1. The molecule has 3 aromatic heterocycles. The van der Waals surface area contributed by atoms with Crippen LogP contribution in [0.15, 0.2) is 47.3 Å². The number of nitrogens with zero attached hydrogens (tertiary/aromatic N) is 5. The first kappa shape index (κ1) is 32.1. The largest absolute Gasteiger partial charge is 0.477 e. The van der Waals surface area contributed by atoms with Crippen LogP contribution in [0.4, 0.5) is 27.8 Å². The molecule has 11 nitrogen and oxygen atoms in total. The van der Waals surface area contributed by atoms with Crippen LogP contribution in [0.2, 0.25) is 5.02 Å². The monoisotopic (exact) mass is 671 g/mol. The summed E-state index contributed by atoms with van der Waals surface area (Å²) < 4.78 is 99.7. The van der Waals surface area contributed by atoms with Gasteiger partial charge in [-0.1, -0.05) is 11.6 Å². The van der Waals surface area contributed by atoms with E-state index in [0.29, 0.717) is 6.07 Å². The van der Waals surface area contributed by atoms with Crippen molar-refractivity contribution in [2.75, 3.05) is 17.6 Å². The van der Waals surface area contributed by atoms with Crippen molar-refractivity contribution in [1.29, 1.82) is 0 Å². The Bertz CT molecular complexity index is 2100. The summed E-state index contributed by atoms with van der Waals surface area (Å²) in [5.74, 6) is -2.22. The fourth-order valence-electron chi connectivity index (χ4n) is 4.76. The quantitative estimate of drug-likeness (QED) is 0.217. The Morgan fingerprint density at radius 1 is 1.09 bits per heavy atom. The van der Waals surface area contributed by atoms with Gasteiger partial charge in [0.25, 0.3) is 5.56 Å². The van der Waals surface area contributed by atoms with E-state index in [4.69, 9.17) is 22.1 Å². The van der Waals surface area contributed by atoms with Gasteiger partial charge in [0, 0.05) is 19.2 Å². The zero-order valence-corrected chi connectivity index (χ0v) is 24.9. The highest BCUT2D eigenvalue weighted by Gasteiger charge is 2.28. The molecule has 2 aromatic carbocycles. The van der Waals surface area contributed by atoms with Crippen LogP contribution in [-0.4, -0.2) is 51.8 Å². The molecule has 5 rings (SSSR count). The van der Waals surface area contributed by atoms with Crippen LogP contribution in [0.25, 0.3) is 27.6 Å². The molecule has 0 spiro atoms. The number of pyridine rings is 1. The predicted octanol–water partition coefficient (Wildman–Crippen LogP) is 4.54. The maximum Gasteiger partial charge on any atom is 0.392 e. The molecule has 1 atom stereocenters. The number of fused-ring (bicyclic) bond motifs is 2. The number of alkyl halides is 3. The highest BCUT2D eigenvalue weighted by molar-refractivity contribution is 7.92.